The standard InChI is InChI=1S/C23H24N2O6S/c1-4-30-19-10-6-17(7-11-19)25-32(27,28)22-15-18(8-13-21(22)29-3)24-23(26)14-12-20-9-5-16(2)31-20/h5-15,25H,4H2,1-3H3,(H,24,26)/b14-12+. The van der Waals surface area contributed by atoms with Gasteiger partial charge in [-0.1, -0.05) is 0 Å². The summed E-state index contributed by atoms with van der Waals surface area (Å²) in [6.45, 7) is 4.18. The van der Waals surface area contributed by atoms with E-state index in [1.165, 1.54) is 31.4 Å². The minimum absolute atomic E-state index is 0.114. The van der Waals surface area contributed by atoms with E-state index in [1.54, 1.807) is 49.4 Å². The van der Waals surface area contributed by atoms with E-state index in [4.69, 9.17) is 13.9 Å². The van der Waals surface area contributed by atoms with Gasteiger partial charge in [0.15, 0.2) is 0 Å². The fraction of sp³-hybridized carbons (Fsp3) is 0.174. The molecule has 1 aromatic heterocycles. The minimum Gasteiger partial charge on any atom is -0.495 e. The van der Waals surface area contributed by atoms with Gasteiger partial charge in [-0.25, -0.2) is 8.42 Å². The number of benzene rings is 2. The second-order valence-corrected chi connectivity index (χ2v) is 8.35. The third-order valence-corrected chi connectivity index (χ3v) is 5.70. The molecule has 0 atom stereocenters. The number of carbonyl (C=O) groups excluding carboxylic acids is 1. The first kappa shape index (κ1) is 23.0. The van der Waals surface area contributed by atoms with Crippen molar-refractivity contribution in [2.45, 2.75) is 18.7 Å². The van der Waals surface area contributed by atoms with Crippen LogP contribution in [0.2, 0.25) is 0 Å². The summed E-state index contributed by atoms with van der Waals surface area (Å²) in [5.41, 5.74) is 0.657. The summed E-state index contributed by atoms with van der Waals surface area (Å²) in [7, 11) is -2.62. The maximum atomic E-state index is 13.0. The van der Waals surface area contributed by atoms with Crippen molar-refractivity contribution in [2.24, 2.45) is 0 Å². The highest BCUT2D eigenvalue weighted by molar-refractivity contribution is 7.92. The number of hydrogen-bond acceptors (Lipinski definition) is 6. The normalized spacial score (nSPS) is 11.3. The molecule has 32 heavy (non-hydrogen) atoms. The lowest BCUT2D eigenvalue weighted by Crippen LogP contribution is -2.15. The van der Waals surface area contributed by atoms with Gasteiger partial charge in [0.2, 0.25) is 5.91 Å². The Morgan fingerprint density at radius 3 is 2.41 bits per heavy atom. The number of carbonyl (C=O) groups is 1. The highest BCUT2D eigenvalue weighted by Gasteiger charge is 2.21. The van der Waals surface area contributed by atoms with E-state index in [-0.39, 0.29) is 10.6 Å². The van der Waals surface area contributed by atoms with Crippen molar-refractivity contribution < 1.29 is 27.1 Å². The Morgan fingerprint density at radius 2 is 1.78 bits per heavy atom. The molecule has 0 saturated heterocycles. The predicted octanol–water partition coefficient (Wildman–Crippen LogP) is 4.45. The Balaban J connectivity index is 1.78. The van der Waals surface area contributed by atoms with Gasteiger partial charge in [-0.15, -0.1) is 0 Å². The maximum Gasteiger partial charge on any atom is 0.265 e. The molecule has 168 valence electrons. The van der Waals surface area contributed by atoms with Crippen LogP contribution in [0.1, 0.15) is 18.4 Å². The third kappa shape index (κ3) is 5.92. The van der Waals surface area contributed by atoms with Crippen molar-refractivity contribution in [2.75, 3.05) is 23.8 Å². The summed E-state index contributed by atoms with van der Waals surface area (Å²) in [5, 5.41) is 2.64. The Morgan fingerprint density at radius 1 is 1.06 bits per heavy atom. The Hall–Kier alpha value is -3.72. The predicted molar refractivity (Wildman–Crippen MR) is 123 cm³/mol. The van der Waals surface area contributed by atoms with Crippen LogP contribution in [-0.4, -0.2) is 28.0 Å². The van der Waals surface area contributed by atoms with Crippen LogP contribution in [0.5, 0.6) is 11.5 Å². The number of anilines is 2. The van der Waals surface area contributed by atoms with Crippen LogP contribution < -0.4 is 19.5 Å². The molecule has 0 radical (unpaired) electrons. The highest BCUT2D eigenvalue weighted by Crippen LogP contribution is 2.29. The van der Waals surface area contributed by atoms with Crippen LogP contribution in [0.4, 0.5) is 11.4 Å². The van der Waals surface area contributed by atoms with Gasteiger partial charge in [0, 0.05) is 17.5 Å². The van der Waals surface area contributed by atoms with Crippen LogP contribution in [-0.2, 0) is 14.8 Å². The summed E-state index contributed by atoms with van der Waals surface area (Å²) < 4.78 is 44.4. The zero-order chi connectivity index (χ0) is 23.1. The lowest BCUT2D eigenvalue weighted by atomic mass is 10.3. The molecular formula is C23H24N2O6S. The Kier molecular flexibility index (Phi) is 7.21. The number of hydrogen-bond donors (Lipinski definition) is 2. The van der Waals surface area contributed by atoms with Crippen molar-refractivity contribution in [1.29, 1.82) is 0 Å². The number of ether oxygens (including phenoxy) is 2. The molecule has 3 aromatic rings. The van der Waals surface area contributed by atoms with Crippen LogP contribution in [0.3, 0.4) is 0 Å². The lowest BCUT2D eigenvalue weighted by Gasteiger charge is -2.14. The number of methoxy groups -OCH3 is 1. The monoisotopic (exact) mass is 456 g/mol. The third-order valence-electron chi connectivity index (χ3n) is 4.30. The highest BCUT2D eigenvalue weighted by atomic mass is 32.2. The van der Waals surface area contributed by atoms with Gasteiger partial charge in [-0.3, -0.25) is 9.52 Å². The molecule has 8 nitrogen and oxygen atoms in total. The molecule has 2 aromatic carbocycles. The number of aryl methyl sites for hydroxylation is 1. The Bertz CT molecular complexity index is 1210. The van der Waals surface area contributed by atoms with Crippen molar-refractivity contribution in [3.8, 4) is 11.5 Å². The van der Waals surface area contributed by atoms with Gasteiger partial charge in [0.25, 0.3) is 10.0 Å². The van der Waals surface area contributed by atoms with E-state index in [2.05, 4.69) is 10.0 Å². The van der Waals surface area contributed by atoms with Gasteiger partial charge < -0.3 is 19.2 Å². The molecule has 1 amide bonds. The first-order valence-electron chi connectivity index (χ1n) is 9.80. The molecule has 9 heteroatoms. The average Bonchev–Trinajstić information content (AvgIpc) is 3.19. The largest absolute Gasteiger partial charge is 0.495 e. The van der Waals surface area contributed by atoms with Gasteiger partial charge in [0.1, 0.15) is 27.9 Å². The summed E-state index contributed by atoms with van der Waals surface area (Å²) in [6.07, 6.45) is 2.83. The summed E-state index contributed by atoms with van der Waals surface area (Å²) in [4.78, 5) is 12.1. The van der Waals surface area contributed by atoms with E-state index in [9.17, 15) is 13.2 Å². The van der Waals surface area contributed by atoms with Crippen molar-refractivity contribution in [1.82, 2.24) is 0 Å². The average molecular weight is 457 g/mol. The molecule has 3 rings (SSSR count). The summed E-state index contributed by atoms with van der Waals surface area (Å²) in [5.74, 6) is 1.61. The minimum atomic E-state index is -3.99. The number of amides is 1. The lowest BCUT2D eigenvalue weighted by molar-refractivity contribution is -0.111. The van der Waals surface area contributed by atoms with Crippen LogP contribution in [0.25, 0.3) is 6.08 Å². The van der Waals surface area contributed by atoms with E-state index in [0.717, 1.165) is 5.76 Å². The molecule has 0 unspecified atom stereocenters. The van der Waals surface area contributed by atoms with Crippen LogP contribution >= 0.6 is 0 Å². The Labute approximate surface area is 186 Å². The van der Waals surface area contributed by atoms with Crippen LogP contribution in [0, 0.1) is 6.92 Å². The second-order valence-electron chi connectivity index (χ2n) is 6.70. The molecule has 0 saturated carbocycles. The number of rotatable bonds is 9. The zero-order valence-electron chi connectivity index (χ0n) is 17.9. The summed E-state index contributed by atoms with van der Waals surface area (Å²) in [6, 6.07) is 14.4. The molecule has 2 N–H and O–H groups in total. The van der Waals surface area contributed by atoms with Gasteiger partial charge in [0.05, 0.1) is 13.7 Å². The molecule has 0 spiro atoms. The van der Waals surface area contributed by atoms with Crippen molar-refractivity contribution in [3.05, 3.63) is 72.2 Å². The molecule has 0 fully saturated rings. The number of furan rings is 1. The van der Waals surface area contributed by atoms with E-state index < -0.39 is 15.9 Å². The van der Waals surface area contributed by atoms with Crippen molar-refractivity contribution >= 4 is 33.4 Å². The van der Waals surface area contributed by atoms with Crippen LogP contribution in [0.15, 0.2) is 70.0 Å². The smallest absolute Gasteiger partial charge is 0.265 e. The number of nitrogens with one attached hydrogen (secondary N) is 2. The fourth-order valence-corrected chi connectivity index (χ4v) is 4.10. The van der Waals surface area contributed by atoms with Gasteiger partial charge in [-0.05, 0) is 74.5 Å². The quantitative estimate of drug-likeness (QED) is 0.461. The zero-order valence-corrected chi connectivity index (χ0v) is 18.7. The first-order valence-corrected chi connectivity index (χ1v) is 11.3. The SMILES string of the molecule is CCOc1ccc(NS(=O)(=O)c2cc(NC(=O)/C=C/c3ccc(C)o3)ccc2OC)cc1. The molecule has 0 aliphatic carbocycles. The molecule has 1 heterocycles. The van der Waals surface area contributed by atoms with E-state index >= 15 is 0 Å². The van der Waals surface area contributed by atoms with E-state index in [1.807, 2.05) is 6.92 Å². The first-order chi connectivity index (χ1) is 15.3. The van der Waals surface area contributed by atoms with Gasteiger partial charge in [-0.2, -0.15) is 0 Å². The molecule has 0 aliphatic rings. The van der Waals surface area contributed by atoms with Gasteiger partial charge >= 0.3 is 0 Å². The fourth-order valence-electron chi connectivity index (χ4n) is 2.85. The maximum absolute atomic E-state index is 13.0. The molecular weight excluding hydrogens is 432 g/mol. The molecule has 0 bridgehead atoms. The van der Waals surface area contributed by atoms with Crippen molar-refractivity contribution in [3.63, 3.8) is 0 Å². The summed E-state index contributed by atoms with van der Waals surface area (Å²) >= 11 is 0. The topological polar surface area (TPSA) is 107 Å². The molecule has 0 aliphatic heterocycles. The number of sulfonamides is 1. The van der Waals surface area contributed by atoms with E-state index in [0.29, 0.717) is 29.5 Å². The second kappa shape index (κ2) is 10.1.